The Morgan fingerprint density at radius 3 is 2.61 bits per heavy atom. The van der Waals surface area contributed by atoms with Gasteiger partial charge in [0.15, 0.2) is 6.61 Å². The van der Waals surface area contributed by atoms with E-state index < -0.39 is 10.8 Å². The van der Waals surface area contributed by atoms with Gasteiger partial charge in [0, 0.05) is 17.2 Å². The van der Waals surface area contributed by atoms with Crippen LogP contribution in [0.2, 0.25) is 5.02 Å². The van der Waals surface area contributed by atoms with Crippen molar-refractivity contribution >= 4 is 28.9 Å². The van der Waals surface area contributed by atoms with E-state index in [1.54, 1.807) is 6.07 Å². The van der Waals surface area contributed by atoms with Crippen molar-refractivity contribution in [2.45, 2.75) is 0 Å². The number of hydrogen-bond donors (Lipinski definition) is 1. The van der Waals surface area contributed by atoms with Gasteiger partial charge in [-0.3, -0.25) is 14.9 Å². The van der Waals surface area contributed by atoms with Crippen LogP contribution in [0.5, 0.6) is 5.75 Å². The number of anilines is 1. The number of nitro benzene ring substituents is 1. The summed E-state index contributed by atoms with van der Waals surface area (Å²) in [6.45, 7) is -0.310. The van der Waals surface area contributed by atoms with Crippen LogP contribution in [0, 0.1) is 21.4 Å². The molecule has 0 spiro atoms. The molecule has 23 heavy (non-hydrogen) atoms. The summed E-state index contributed by atoms with van der Waals surface area (Å²) in [4.78, 5) is 21.8. The molecule has 2 aromatic carbocycles. The van der Waals surface area contributed by atoms with E-state index in [0.717, 1.165) is 0 Å². The summed E-state index contributed by atoms with van der Waals surface area (Å²) < 4.78 is 5.23. The van der Waals surface area contributed by atoms with Gasteiger partial charge in [0.05, 0.1) is 16.2 Å². The lowest BCUT2D eigenvalue weighted by atomic mass is 10.2. The van der Waals surface area contributed by atoms with Gasteiger partial charge in [-0.1, -0.05) is 11.6 Å². The predicted molar refractivity (Wildman–Crippen MR) is 83.4 cm³/mol. The Morgan fingerprint density at radius 1 is 1.30 bits per heavy atom. The smallest absolute Gasteiger partial charge is 0.269 e. The molecule has 8 heteroatoms. The molecule has 0 aromatic heterocycles. The van der Waals surface area contributed by atoms with Gasteiger partial charge in [0.25, 0.3) is 11.6 Å². The highest BCUT2D eigenvalue weighted by atomic mass is 35.5. The number of nitro groups is 1. The number of carbonyl (C=O) groups excluding carboxylic acids is 1. The molecule has 0 aliphatic heterocycles. The normalized spacial score (nSPS) is 9.74. The van der Waals surface area contributed by atoms with Crippen LogP contribution in [-0.2, 0) is 4.79 Å². The van der Waals surface area contributed by atoms with Gasteiger partial charge in [-0.05, 0) is 30.3 Å². The summed E-state index contributed by atoms with van der Waals surface area (Å²) in [7, 11) is 0. The summed E-state index contributed by atoms with van der Waals surface area (Å²) in [5.41, 5.74) is 0.495. The molecule has 2 rings (SSSR count). The molecule has 2 aromatic rings. The highest BCUT2D eigenvalue weighted by Crippen LogP contribution is 2.21. The fourth-order valence-corrected chi connectivity index (χ4v) is 1.89. The van der Waals surface area contributed by atoms with E-state index in [1.165, 1.54) is 36.4 Å². The van der Waals surface area contributed by atoms with E-state index in [0.29, 0.717) is 10.8 Å². The van der Waals surface area contributed by atoms with E-state index in [4.69, 9.17) is 21.6 Å². The van der Waals surface area contributed by atoms with Gasteiger partial charge in [0.2, 0.25) is 0 Å². The Kier molecular flexibility index (Phi) is 5.12. The van der Waals surface area contributed by atoms with Gasteiger partial charge in [-0.15, -0.1) is 0 Å². The van der Waals surface area contributed by atoms with Crippen molar-refractivity contribution < 1.29 is 14.5 Å². The summed E-state index contributed by atoms with van der Waals surface area (Å²) >= 11 is 5.82. The molecule has 1 N–H and O–H groups in total. The van der Waals surface area contributed by atoms with E-state index in [9.17, 15) is 14.9 Å². The van der Waals surface area contributed by atoms with Gasteiger partial charge >= 0.3 is 0 Å². The summed E-state index contributed by atoms with van der Waals surface area (Å²) in [5, 5.41) is 22.4. The molecule has 0 aliphatic carbocycles. The third-order valence-corrected chi connectivity index (χ3v) is 3.03. The zero-order valence-electron chi connectivity index (χ0n) is 11.7. The SMILES string of the molecule is N#Cc1ccc(Cl)cc1NC(=O)COc1ccc([N+](=O)[O-])cc1. The molecule has 0 atom stereocenters. The van der Waals surface area contributed by atoms with Crippen LogP contribution in [-0.4, -0.2) is 17.4 Å². The lowest BCUT2D eigenvalue weighted by Crippen LogP contribution is -2.20. The topological polar surface area (TPSA) is 105 Å². The van der Waals surface area contributed by atoms with Crippen LogP contribution in [0.25, 0.3) is 0 Å². The highest BCUT2D eigenvalue weighted by Gasteiger charge is 2.09. The third-order valence-electron chi connectivity index (χ3n) is 2.79. The van der Waals surface area contributed by atoms with Crippen LogP contribution >= 0.6 is 11.6 Å². The average molecular weight is 332 g/mol. The summed E-state index contributed by atoms with van der Waals surface area (Å²) in [6.07, 6.45) is 0. The molecule has 1 amide bonds. The van der Waals surface area contributed by atoms with Crippen LogP contribution in [0.3, 0.4) is 0 Å². The maximum Gasteiger partial charge on any atom is 0.269 e. The summed E-state index contributed by atoms with van der Waals surface area (Å²) in [6, 6.07) is 11.8. The second-order valence-electron chi connectivity index (χ2n) is 4.39. The molecule has 116 valence electrons. The first-order valence-corrected chi connectivity index (χ1v) is 6.74. The molecule has 0 heterocycles. The van der Waals surface area contributed by atoms with E-state index in [1.807, 2.05) is 6.07 Å². The molecule has 7 nitrogen and oxygen atoms in total. The Morgan fingerprint density at radius 2 is 2.00 bits per heavy atom. The Labute approximate surface area is 136 Å². The first-order chi connectivity index (χ1) is 11.0. The zero-order chi connectivity index (χ0) is 16.8. The predicted octanol–water partition coefficient (Wildman–Crippen LogP) is 3.14. The van der Waals surface area contributed by atoms with Crippen molar-refractivity contribution in [2.75, 3.05) is 11.9 Å². The minimum atomic E-state index is -0.529. The fraction of sp³-hybridized carbons (Fsp3) is 0.0667. The summed E-state index contributed by atoms with van der Waals surface area (Å²) in [5.74, 6) is -0.167. The third kappa shape index (κ3) is 4.43. The van der Waals surface area contributed by atoms with Crippen molar-refractivity contribution in [2.24, 2.45) is 0 Å². The van der Waals surface area contributed by atoms with Crippen LogP contribution in [0.4, 0.5) is 11.4 Å². The van der Waals surface area contributed by atoms with Crippen molar-refractivity contribution in [1.29, 1.82) is 5.26 Å². The van der Waals surface area contributed by atoms with Crippen molar-refractivity contribution in [3.8, 4) is 11.8 Å². The van der Waals surface area contributed by atoms with Crippen LogP contribution in [0.15, 0.2) is 42.5 Å². The number of non-ortho nitro benzene ring substituents is 1. The Hall–Kier alpha value is -3.11. The minimum absolute atomic E-state index is 0.0700. The Balaban J connectivity index is 1.97. The molecule has 0 fully saturated rings. The fourth-order valence-electron chi connectivity index (χ4n) is 1.72. The molecule has 0 saturated carbocycles. The quantitative estimate of drug-likeness (QED) is 0.669. The average Bonchev–Trinajstić information content (AvgIpc) is 2.53. The largest absolute Gasteiger partial charge is 0.484 e. The maximum absolute atomic E-state index is 11.8. The first-order valence-electron chi connectivity index (χ1n) is 6.36. The van der Waals surface area contributed by atoms with E-state index >= 15 is 0 Å². The monoisotopic (exact) mass is 331 g/mol. The molecular weight excluding hydrogens is 322 g/mol. The lowest BCUT2D eigenvalue weighted by molar-refractivity contribution is -0.384. The lowest BCUT2D eigenvalue weighted by Gasteiger charge is -2.09. The van der Waals surface area contributed by atoms with Crippen molar-refractivity contribution in [3.63, 3.8) is 0 Å². The number of ether oxygens (including phenoxy) is 1. The first kappa shape index (κ1) is 16.3. The van der Waals surface area contributed by atoms with Crippen LogP contribution in [0.1, 0.15) is 5.56 Å². The molecule has 0 bridgehead atoms. The molecule has 0 saturated heterocycles. The van der Waals surface area contributed by atoms with Gasteiger partial charge in [-0.2, -0.15) is 5.26 Å². The second-order valence-corrected chi connectivity index (χ2v) is 4.83. The standard InChI is InChI=1S/C15H10ClN3O4/c16-11-2-1-10(8-17)14(7-11)18-15(20)9-23-13-5-3-12(4-6-13)19(21)22/h1-7H,9H2,(H,18,20). The van der Waals surface area contributed by atoms with Crippen molar-refractivity contribution in [3.05, 3.63) is 63.2 Å². The Bertz CT molecular complexity index is 784. The number of benzene rings is 2. The number of carbonyl (C=O) groups is 1. The molecule has 0 aliphatic rings. The number of nitrogens with zero attached hydrogens (tertiary/aromatic N) is 2. The highest BCUT2D eigenvalue weighted by molar-refractivity contribution is 6.31. The van der Waals surface area contributed by atoms with Gasteiger partial charge < -0.3 is 10.1 Å². The van der Waals surface area contributed by atoms with Gasteiger partial charge in [-0.25, -0.2) is 0 Å². The molecule has 0 radical (unpaired) electrons. The number of halogens is 1. The number of nitriles is 1. The number of rotatable bonds is 5. The zero-order valence-corrected chi connectivity index (χ0v) is 12.4. The maximum atomic E-state index is 11.8. The molecule has 0 unspecified atom stereocenters. The molecular formula is C15H10ClN3O4. The number of nitrogens with one attached hydrogen (secondary N) is 1. The second kappa shape index (κ2) is 7.24. The minimum Gasteiger partial charge on any atom is -0.484 e. The van der Waals surface area contributed by atoms with Gasteiger partial charge in [0.1, 0.15) is 11.8 Å². The van der Waals surface area contributed by atoms with Crippen LogP contribution < -0.4 is 10.1 Å². The number of hydrogen-bond acceptors (Lipinski definition) is 5. The van der Waals surface area contributed by atoms with Crippen molar-refractivity contribution in [1.82, 2.24) is 0 Å². The van der Waals surface area contributed by atoms with E-state index in [2.05, 4.69) is 5.32 Å². The number of amides is 1. The van der Waals surface area contributed by atoms with E-state index in [-0.39, 0.29) is 23.5 Å².